The van der Waals surface area contributed by atoms with Crippen LogP contribution < -0.4 is 20.9 Å². The Labute approximate surface area is 238 Å². The van der Waals surface area contributed by atoms with Gasteiger partial charge in [-0.3, -0.25) is 9.69 Å². The SMILES string of the molecule is CCO/N=C(/c1nsc(N)n1)C(NO)[C@@H]1C(=O)N2C(C(=O)[O-])=C(Sc3nc(-c4cc[n+](C)cc4)cs3)CS[C@H]12. The molecule has 0 aliphatic carbocycles. The van der Waals surface area contributed by atoms with E-state index in [1.54, 1.807) is 6.92 Å². The molecule has 17 heteroatoms. The Balaban J connectivity index is 1.40. The minimum absolute atomic E-state index is 0.0786. The van der Waals surface area contributed by atoms with Crippen LogP contribution in [-0.4, -0.2) is 65.8 Å². The van der Waals surface area contributed by atoms with E-state index in [1.165, 1.54) is 39.8 Å². The maximum atomic E-state index is 13.4. The molecule has 1 amide bonds. The monoisotopic (exact) mass is 606 g/mol. The molecular weight excluding hydrogens is 585 g/mol. The number of rotatable bonds is 10. The highest BCUT2D eigenvalue weighted by Crippen LogP contribution is 2.49. The van der Waals surface area contributed by atoms with Crippen molar-refractivity contribution in [3.05, 3.63) is 46.3 Å². The normalized spacial score (nSPS) is 20.0. The Morgan fingerprint density at radius 1 is 1.44 bits per heavy atom. The number of carboxylic acid groups (broad SMARTS) is 1. The van der Waals surface area contributed by atoms with Gasteiger partial charge in [0, 0.05) is 45.3 Å². The van der Waals surface area contributed by atoms with Crippen molar-refractivity contribution in [2.24, 2.45) is 18.1 Å². The molecule has 13 nitrogen and oxygen atoms in total. The Morgan fingerprint density at radius 3 is 2.85 bits per heavy atom. The fraction of sp³-hybridized carbons (Fsp3) is 0.318. The lowest BCUT2D eigenvalue weighted by Gasteiger charge is -2.52. The van der Waals surface area contributed by atoms with Gasteiger partial charge in [0.1, 0.15) is 19.4 Å². The van der Waals surface area contributed by atoms with Crippen molar-refractivity contribution in [2.45, 2.75) is 22.7 Å². The number of carbonyl (C=O) groups is 2. The maximum Gasteiger partial charge on any atom is 0.236 e. The van der Waals surface area contributed by atoms with E-state index in [4.69, 9.17) is 10.6 Å². The van der Waals surface area contributed by atoms with E-state index in [0.717, 1.165) is 22.8 Å². The summed E-state index contributed by atoms with van der Waals surface area (Å²) in [6.07, 6.45) is 3.83. The summed E-state index contributed by atoms with van der Waals surface area (Å²) in [6.45, 7) is 1.95. The molecule has 1 unspecified atom stereocenters. The summed E-state index contributed by atoms with van der Waals surface area (Å²) in [7, 11) is 1.92. The van der Waals surface area contributed by atoms with Gasteiger partial charge in [-0.1, -0.05) is 16.9 Å². The van der Waals surface area contributed by atoms with E-state index in [-0.39, 0.29) is 29.0 Å². The van der Waals surface area contributed by atoms with Crippen LogP contribution in [0.25, 0.3) is 11.3 Å². The van der Waals surface area contributed by atoms with Gasteiger partial charge in [-0.2, -0.15) is 14.8 Å². The predicted molar refractivity (Wildman–Crippen MR) is 144 cm³/mol. The summed E-state index contributed by atoms with van der Waals surface area (Å²) in [5, 5.41) is 27.8. The van der Waals surface area contributed by atoms with Crippen LogP contribution in [0.1, 0.15) is 12.7 Å². The third-order valence-corrected chi connectivity index (χ3v) is 9.94. The second-order valence-electron chi connectivity index (χ2n) is 8.31. The van der Waals surface area contributed by atoms with E-state index < -0.39 is 29.2 Å². The number of hydrogen-bond acceptors (Lipinski definition) is 15. The molecule has 1 saturated heterocycles. The molecule has 0 bridgehead atoms. The number of thioether (sulfide) groups is 2. The maximum absolute atomic E-state index is 13.4. The van der Waals surface area contributed by atoms with E-state index in [1.807, 2.05) is 41.5 Å². The number of nitrogens with zero attached hydrogens (tertiary/aromatic N) is 6. The van der Waals surface area contributed by atoms with Crippen molar-refractivity contribution in [1.29, 1.82) is 0 Å². The van der Waals surface area contributed by atoms with Crippen LogP contribution in [0.5, 0.6) is 0 Å². The van der Waals surface area contributed by atoms with E-state index in [9.17, 15) is 19.9 Å². The first-order valence-corrected chi connectivity index (χ1v) is 15.0. The molecule has 3 aromatic heterocycles. The number of aryl methyl sites for hydroxylation is 1. The van der Waals surface area contributed by atoms with Crippen molar-refractivity contribution in [3.8, 4) is 11.3 Å². The van der Waals surface area contributed by atoms with Crippen molar-refractivity contribution < 1.29 is 29.3 Å². The summed E-state index contributed by atoms with van der Waals surface area (Å²) >= 11 is 4.88. The Bertz CT molecular complexity index is 1460. The molecule has 39 heavy (non-hydrogen) atoms. The van der Waals surface area contributed by atoms with Crippen molar-refractivity contribution in [2.75, 3.05) is 18.1 Å². The van der Waals surface area contributed by atoms with Crippen LogP contribution in [0.3, 0.4) is 0 Å². The Morgan fingerprint density at radius 2 is 2.21 bits per heavy atom. The molecular formula is C22H22N8O5S4. The summed E-state index contributed by atoms with van der Waals surface area (Å²) in [5.74, 6) is -2.47. The fourth-order valence-electron chi connectivity index (χ4n) is 4.10. The molecule has 5 rings (SSSR count). The number of nitrogens with one attached hydrogen (secondary N) is 1. The molecule has 204 valence electrons. The number of β-lactam (4-membered cyclic amide) rings is 1. The van der Waals surface area contributed by atoms with E-state index in [2.05, 4.69) is 25.0 Å². The zero-order valence-corrected chi connectivity index (χ0v) is 23.8. The van der Waals surface area contributed by atoms with Gasteiger partial charge in [0.15, 0.2) is 27.7 Å². The lowest BCUT2D eigenvalue weighted by Crippen LogP contribution is -2.68. The van der Waals surface area contributed by atoms with Crippen LogP contribution in [0.2, 0.25) is 0 Å². The smallest absolute Gasteiger partial charge is 0.236 e. The lowest BCUT2D eigenvalue weighted by molar-refractivity contribution is -0.671. The largest absolute Gasteiger partial charge is 0.543 e. The highest BCUT2D eigenvalue weighted by atomic mass is 32.2. The molecule has 0 saturated carbocycles. The van der Waals surface area contributed by atoms with Gasteiger partial charge in [0.25, 0.3) is 0 Å². The molecule has 0 aromatic carbocycles. The van der Waals surface area contributed by atoms with Crippen LogP contribution in [0.4, 0.5) is 5.13 Å². The Kier molecular flexibility index (Phi) is 8.15. The summed E-state index contributed by atoms with van der Waals surface area (Å²) in [6, 6.07) is 2.82. The topological polar surface area (TPSA) is 183 Å². The highest BCUT2D eigenvalue weighted by molar-refractivity contribution is 8.07. The van der Waals surface area contributed by atoms with Crippen LogP contribution in [-0.2, 0) is 21.5 Å². The number of nitrogens with two attached hydrogens (primary N) is 1. The molecule has 3 aromatic rings. The van der Waals surface area contributed by atoms with Crippen molar-refractivity contribution in [1.82, 2.24) is 24.7 Å². The lowest BCUT2D eigenvalue weighted by atomic mass is 9.86. The first-order chi connectivity index (χ1) is 18.8. The number of aromatic nitrogens is 4. The molecule has 2 aliphatic heterocycles. The minimum atomic E-state index is -1.47. The first kappa shape index (κ1) is 27.5. The first-order valence-electron chi connectivity index (χ1n) is 11.5. The number of aliphatic carboxylic acids is 1. The van der Waals surface area contributed by atoms with Gasteiger partial charge in [0.2, 0.25) is 5.91 Å². The van der Waals surface area contributed by atoms with Gasteiger partial charge in [-0.05, 0) is 6.92 Å². The number of thiazole rings is 1. The molecule has 3 atom stereocenters. The highest BCUT2D eigenvalue weighted by Gasteiger charge is 2.57. The fourth-order valence-corrected chi connectivity index (χ4v) is 8.10. The Hall–Kier alpha value is -3.09. The second-order valence-corrected chi connectivity index (χ2v) is 12.4. The predicted octanol–water partition coefficient (Wildman–Crippen LogP) is 0.441. The summed E-state index contributed by atoms with van der Waals surface area (Å²) in [5.41, 5.74) is 9.42. The molecule has 5 heterocycles. The standard InChI is InChI=1S/C22H22N8O5S4/c1-3-35-27-15(17-25-21(23)39-28-17)14(26-34)13-18(31)30-16(20(32)33)12(9-36-19(13)30)38-22-24-11(8-37-22)10-4-6-29(2)7-5-10/h4-8,13-14,19,26,34H,3,9H2,1-2H3,(H2-,23,25,28,32,33)/b27-15+/t13-,14?,19-/m1/s1. The number of amides is 1. The van der Waals surface area contributed by atoms with Crippen LogP contribution in [0.15, 0.2) is 50.0 Å². The van der Waals surface area contributed by atoms with E-state index in [0.29, 0.717) is 15.0 Å². The van der Waals surface area contributed by atoms with E-state index >= 15 is 0 Å². The van der Waals surface area contributed by atoms with Crippen LogP contribution in [0, 0.1) is 5.92 Å². The third-order valence-electron chi connectivity index (χ3n) is 5.89. The number of hydroxylamine groups is 1. The minimum Gasteiger partial charge on any atom is -0.543 e. The van der Waals surface area contributed by atoms with Gasteiger partial charge in [-0.15, -0.1) is 23.1 Å². The molecule has 2 aliphatic rings. The summed E-state index contributed by atoms with van der Waals surface area (Å²) < 4.78 is 6.69. The van der Waals surface area contributed by atoms with Gasteiger partial charge in [0.05, 0.1) is 34.7 Å². The second kappa shape index (κ2) is 11.6. The third kappa shape index (κ3) is 5.37. The quantitative estimate of drug-likeness (QED) is 0.125. The number of carboxylic acids is 1. The zero-order chi connectivity index (χ0) is 27.7. The van der Waals surface area contributed by atoms with Crippen molar-refractivity contribution >= 4 is 69.1 Å². The number of anilines is 1. The van der Waals surface area contributed by atoms with Gasteiger partial charge >= 0.3 is 0 Å². The number of carbonyl (C=O) groups excluding carboxylic acids is 2. The summed E-state index contributed by atoms with van der Waals surface area (Å²) in [4.78, 5) is 41.2. The molecule has 1 fully saturated rings. The molecule has 0 radical (unpaired) electrons. The number of fused-ring (bicyclic) bond motifs is 1. The van der Waals surface area contributed by atoms with Crippen molar-refractivity contribution in [3.63, 3.8) is 0 Å². The number of nitrogen functional groups attached to an aromatic ring is 1. The van der Waals surface area contributed by atoms with Crippen LogP contribution >= 0.6 is 46.4 Å². The molecule has 0 spiro atoms. The number of hydrogen-bond donors (Lipinski definition) is 3. The average molecular weight is 607 g/mol. The molecule has 4 N–H and O–H groups in total. The zero-order valence-electron chi connectivity index (χ0n) is 20.5. The van der Waals surface area contributed by atoms with Gasteiger partial charge in [-0.25, -0.2) is 9.55 Å². The average Bonchev–Trinajstić information content (AvgIpc) is 3.57. The van der Waals surface area contributed by atoms with Gasteiger partial charge < -0.3 is 25.7 Å². The number of oxime groups is 1. The number of pyridine rings is 1.